The average molecular weight is 311 g/mol. The number of ether oxygens (including phenoxy) is 1. The third kappa shape index (κ3) is 4.61. The van der Waals surface area contributed by atoms with Crippen LogP contribution in [0.25, 0.3) is 0 Å². The first-order valence-corrected chi connectivity index (χ1v) is 7.73. The number of esters is 1. The van der Waals surface area contributed by atoms with Gasteiger partial charge in [0.15, 0.2) is 5.75 Å². The fourth-order valence-electron chi connectivity index (χ4n) is 2.14. The zero-order valence-electron chi connectivity index (χ0n) is 12.8. The SMILES string of the molecule is CC(C)(C)C(=O)Oc1cc(Cl)ccc1NC1CCNCC1. The molecule has 0 amide bonds. The maximum absolute atomic E-state index is 12.1. The van der Waals surface area contributed by atoms with Crippen molar-refractivity contribution in [1.29, 1.82) is 0 Å². The van der Waals surface area contributed by atoms with Crippen LogP contribution in [0.15, 0.2) is 18.2 Å². The Kier molecular flexibility index (Phi) is 5.12. The third-order valence-electron chi connectivity index (χ3n) is 3.46. The minimum absolute atomic E-state index is 0.266. The van der Waals surface area contributed by atoms with Crippen molar-refractivity contribution in [1.82, 2.24) is 5.32 Å². The van der Waals surface area contributed by atoms with Crippen molar-refractivity contribution in [2.75, 3.05) is 18.4 Å². The predicted molar refractivity (Wildman–Crippen MR) is 86.1 cm³/mol. The Morgan fingerprint density at radius 3 is 2.62 bits per heavy atom. The molecule has 5 heteroatoms. The van der Waals surface area contributed by atoms with Gasteiger partial charge in [0.25, 0.3) is 0 Å². The van der Waals surface area contributed by atoms with E-state index in [0.29, 0.717) is 16.8 Å². The van der Waals surface area contributed by atoms with Crippen LogP contribution in [0.5, 0.6) is 5.75 Å². The topological polar surface area (TPSA) is 50.4 Å². The molecule has 1 saturated heterocycles. The maximum Gasteiger partial charge on any atom is 0.316 e. The van der Waals surface area contributed by atoms with Gasteiger partial charge in [-0.15, -0.1) is 0 Å². The first-order chi connectivity index (χ1) is 9.86. The molecule has 0 radical (unpaired) electrons. The number of rotatable bonds is 3. The van der Waals surface area contributed by atoms with Crippen molar-refractivity contribution in [3.05, 3.63) is 23.2 Å². The summed E-state index contributed by atoms with van der Waals surface area (Å²) in [7, 11) is 0. The Balaban J connectivity index is 2.15. The number of halogens is 1. The summed E-state index contributed by atoms with van der Waals surface area (Å²) in [5.74, 6) is 0.235. The molecule has 0 aliphatic carbocycles. The van der Waals surface area contributed by atoms with E-state index in [1.807, 2.05) is 26.8 Å². The van der Waals surface area contributed by atoms with Gasteiger partial charge in [0.2, 0.25) is 0 Å². The van der Waals surface area contributed by atoms with Gasteiger partial charge in [0.1, 0.15) is 0 Å². The number of anilines is 1. The molecule has 0 spiro atoms. The van der Waals surface area contributed by atoms with E-state index in [-0.39, 0.29) is 5.97 Å². The Hall–Kier alpha value is -1.26. The van der Waals surface area contributed by atoms with Crippen LogP contribution in [-0.4, -0.2) is 25.1 Å². The molecule has 0 aromatic heterocycles. The smallest absolute Gasteiger partial charge is 0.316 e. The Morgan fingerprint density at radius 1 is 1.33 bits per heavy atom. The fourth-order valence-corrected chi connectivity index (χ4v) is 2.30. The van der Waals surface area contributed by atoms with Crippen LogP contribution in [-0.2, 0) is 4.79 Å². The fraction of sp³-hybridized carbons (Fsp3) is 0.562. The summed E-state index contributed by atoms with van der Waals surface area (Å²) in [5.41, 5.74) is 0.276. The summed E-state index contributed by atoms with van der Waals surface area (Å²) < 4.78 is 5.53. The molecule has 0 saturated carbocycles. The molecule has 116 valence electrons. The van der Waals surface area contributed by atoms with E-state index in [1.165, 1.54) is 0 Å². The summed E-state index contributed by atoms with van der Waals surface area (Å²) in [4.78, 5) is 12.1. The summed E-state index contributed by atoms with van der Waals surface area (Å²) >= 11 is 6.03. The van der Waals surface area contributed by atoms with E-state index in [0.717, 1.165) is 31.6 Å². The first-order valence-electron chi connectivity index (χ1n) is 7.35. The zero-order valence-corrected chi connectivity index (χ0v) is 13.6. The molecule has 2 N–H and O–H groups in total. The molecule has 1 aromatic rings. The van der Waals surface area contributed by atoms with Gasteiger partial charge in [-0.3, -0.25) is 4.79 Å². The molecule has 1 heterocycles. The second kappa shape index (κ2) is 6.67. The molecule has 0 bridgehead atoms. The highest BCUT2D eigenvalue weighted by Crippen LogP contribution is 2.31. The molecule has 0 atom stereocenters. The first kappa shape index (κ1) is 16.1. The van der Waals surface area contributed by atoms with Gasteiger partial charge in [0, 0.05) is 17.1 Å². The standard InChI is InChI=1S/C16H23ClN2O2/c1-16(2,3)15(20)21-14-10-11(17)4-5-13(14)19-12-6-8-18-9-7-12/h4-5,10,12,18-19H,6-9H2,1-3H3. The Labute approximate surface area is 131 Å². The maximum atomic E-state index is 12.1. The van der Waals surface area contributed by atoms with Gasteiger partial charge in [-0.2, -0.15) is 0 Å². The van der Waals surface area contributed by atoms with Gasteiger partial charge in [0.05, 0.1) is 11.1 Å². The predicted octanol–water partition coefficient (Wildman–Crippen LogP) is 3.46. The molecular formula is C16H23ClN2O2. The van der Waals surface area contributed by atoms with E-state index in [4.69, 9.17) is 16.3 Å². The highest BCUT2D eigenvalue weighted by Gasteiger charge is 2.25. The molecule has 21 heavy (non-hydrogen) atoms. The number of hydrogen-bond donors (Lipinski definition) is 2. The van der Waals surface area contributed by atoms with Crippen LogP contribution in [0.1, 0.15) is 33.6 Å². The van der Waals surface area contributed by atoms with E-state index < -0.39 is 5.41 Å². The summed E-state index contributed by atoms with van der Waals surface area (Å²) in [5, 5.41) is 7.35. The van der Waals surface area contributed by atoms with Crippen LogP contribution < -0.4 is 15.4 Å². The molecule has 2 rings (SSSR count). The van der Waals surface area contributed by atoms with Crippen molar-refractivity contribution >= 4 is 23.3 Å². The number of carbonyl (C=O) groups is 1. The van der Waals surface area contributed by atoms with Gasteiger partial charge < -0.3 is 15.4 Å². The summed E-state index contributed by atoms with van der Waals surface area (Å²) in [6.07, 6.45) is 2.10. The highest BCUT2D eigenvalue weighted by atomic mass is 35.5. The normalized spacial score (nSPS) is 16.6. The van der Waals surface area contributed by atoms with E-state index >= 15 is 0 Å². The Bertz CT molecular complexity index is 505. The molecule has 1 fully saturated rings. The molecule has 1 aliphatic heterocycles. The number of hydrogen-bond acceptors (Lipinski definition) is 4. The number of carbonyl (C=O) groups excluding carboxylic acids is 1. The van der Waals surface area contributed by atoms with Crippen LogP contribution in [0.2, 0.25) is 5.02 Å². The molecular weight excluding hydrogens is 288 g/mol. The monoisotopic (exact) mass is 310 g/mol. The van der Waals surface area contributed by atoms with Crippen molar-refractivity contribution in [2.24, 2.45) is 5.41 Å². The Morgan fingerprint density at radius 2 is 2.00 bits per heavy atom. The van der Waals surface area contributed by atoms with Crippen LogP contribution >= 0.6 is 11.6 Å². The molecule has 1 aliphatic rings. The lowest BCUT2D eigenvalue weighted by molar-refractivity contribution is -0.142. The third-order valence-corrected chi connectivity index (χ3v) is 3.69. The van der Waals surface area contributed by atoms with Gasteiger partial charge in [-0.1, -0.05) is 11.6 Å². The van der Waals surface area contributed by atoms with E-state index in [9.17, 15) is 4.79 Å². The molecule has 1 aromatic carbocycles. The lowest BCUT2D eigenvalue weighted by Crippen LogP contribution is -2.35. The molecule has 0 unspecified atom stereocenters. The second-order valence-electron chi connectivity index (χ2n) is 6.45. The second-order valence-corrected chi connectivity index (χ2v) is 6.89. The largest absolute Gasteiger partial charge is 0.424 e. The van der Waals surface area contributed by atoms with Crippen molar-refractivity contribution in [3.63, 3.8) is 0 Å². The van der Waals surface area contributed by atoms with Crippen LogP contribution in [0, 0.1) is 5.41 Å². The lowest BCUT2D eigenvalue weighted by atomic mass is 9.97. The number of piperidine rings is 1. The lowest BCUT2D eigenvalue weighted by Gasteiger charge is -2.26. The zero-order chi connectivity index (χ0) is 15.5. The quantitative estimate of drug-likeness (QED) is 0.663. The van der Waals surface area contributed by atoms with E-state index in [2.05, 4.69) is 10.6 Å². The van der Waals surface area contributed by atoms with Gasteiger partial charge in [-0.05, 0) is 58.8 Å². The number of nitrogens with one attached hydrogen (secondary N) is 2. The van der Waals surface area contributed by atoms with E-state index in [1.54, 1.807) is 12.1 Å². The molecule has 4 nitrogen and oxygen atoms in total. The van der Waals surface area contributed by atoms with Crippen LogP contribution in [0.4, 0.5) is 5.69 Å². The van der Waals surface area contributed by atoms with Crippen molar-refractivity contribution in [3.8, 4) is 5.75 Å². The number of benzene rings is 1. The average Bonchev–Trinajstić information content (AvgIpc) is 2.42. The summed E-state index contributed by atoms with van der Waals surface area (Å²) in [6, 6.07) is 5.75. The van der Waals surface area contributed by atoms with Crippen LogP contribution in [0.3, 0.4) is 0 Å². The minimum atomic E-state index is -0.547. The van der Waals surface area contributed by atoms with Crippen molar-refractivity contribution < 1.29 is 9.53 Å². The van der Waals surface area contributed by atoms with Gasteiger partial charge in [-0.25, -0.2) is 0 Å². The van der Waals surface area contributed by atoms with Gasteiger partial charge >= 0.3 is 5.97 Å². The minimum Gasteiger partial charge on any atom is -0.424 e. The van der Waals surface area contributed by atoms with Crippen molar-refractivity contribution in [2.45, 2.75) is 39.7 Å². The summed E-state index contributed by atoms with van der Waals surface area (Å²) in [6.45, 7) is 7.50. The highest BCUT2D eigenvalue weighted by molar-refractivity contribution is 6.30.